The van der Waals surface area contributed by atoms with Gasteiger partial charge in [-0.3, -0.25) is 19.4 Å². The Morgan fingerprint density at radius 3 is 2.42 bits per heavy atom. The van der Waals surface area contributed by atoms with Crippen molar-refractivity contribution in [3.63, 3.8) is 0 Å². The molecule has 2 aliphatic rings. The molecule has 2 unspecified atom stereocenters. The number of aromatic nitrogens is 2. The second-order valence-corrected chi connectivity index (χ2v) is 6.24. The van der Waals surface area contributed by atoms with Gasteiger partial charge in [-0.1, -0.05) is 0 Å². The Labute approximate surface area is 139 Å². The first-order valence-electron chi connectivity index (χ1n) is 8.09. The van der Waals surface area contributed by atoms with E-state index in [4.69, 9.17) is 0 Å². The first-order chi connectivity index (χ1) is 11.3. The van der Waals surface area contributed by atoms with E-state index >= 15 is 0 Å². The van der Waals surface area contributed by atoms with Crippen LogP contribution < -0.4 is 10.7 Å². The molecule has 0 fully saturated rings. The molecule has 3 rings (SSSR count). The average molecular weight is 331 g/mol. The van der Waals surface area contributed by atoms with Crippen LogP contribution in [-0.2, 0) is 11.3 Å². The van der Waals surface area contributed by atoms with Crippen molar-refractivity contribution < 1.29 is 19.6 Å². The summed E-state index contributed by atoms with van der Waals surface area (Å²) in [6.07, 6.45) is 1.75. The number of aliphatic hydroxyl groups is 1. The van der Waals surface area contributed by atoms with Crippen molar-refractivity contribution >= 4 is 17.3 Å². The second-order valence-electron chi connectivity index (χ2n) is 6.24. The first kappa shape index (κ1) is 16.3. The van der Waals surface area contributed by atoms with Crippen LogP contribution in [0.3, 0.4) is 0 Å². The summed E-state index contributed by atoms with van der Waals surface area (Å²) in [6.45, 7) is 8.14. The predicted octanol–water partition coefficient (Wildman–Crippen LogP) is 0.298. The third-order valence-corrected chi connectivity index (χ3v) is 4.86. The zero-order chi connectivity index (χ0) is 17.8. The highest BCUT2D eigenvalue weighted by molar-refractivity contribution is 6.30. The van der Waals surface area contributed by atoms with Gasteiger partial charge in [-0.2, -0.15) is 4.58 Å². The van der Waals surface area contributed by atoms with Crippen LogP contribution in [0.2, 0.25) is 0 Å². The molecule has 2 N–H and O–H groups in total. The lowest BCUT2D eigenvalue weighted by molar-refractivity contribution is -0.459. The highest BCUT2D eigenvalue weighted by Crippen LogP contribution is 2.42. The Morgan fingerprint density at radius 1 is 1.29 bits per heavy atom. The summed E-state index contributed by atoms with van der Waals surface area (Å²) in [5, 5.41) is 25.8. The van der Waals surface area contributed by atoms with Gasteiger partial charge in [-0.15, -0.1) is 5.76 Å². The molecule has 0 radical (unpaired) electrons. The molecule has 1 aliphatic carbocycles. The summed E-state index contributed by atoms with van der Waals surface area (Å²) in [5.74, 6) is -2.27. The lowest BCUT2D eigenvalue weighted by Crippen LogP contribution is -2.45. The number of aromatic amines is 1. The number of aryl methyl sites for hydroxylation is 2. The number of carbonyl (C=O) groups is 1. The third-order valence-electron chi connectivity index (χ3n) is 4.86. The van der Waals surface area contributed by atoms with Crippen molar-refractivity contribution in [2.45, 2.75) is 34.2 Å². The van der Waals surface area contributed by atoms with Crippen LogP contribution in [0.1, 0.15) is 32.0 Å². The Hall–Kier alpha value is -2.57. The van der Waals surface area contributed by atoms with E-state index in [1.165, 1.54) is 4.68 Å². The number of carbonyl (C=O) groups excluding carboxylic acids is 1. The fourth-order valence-electron chi connectivity index (χ4n) is 3.58. The van der Waals surface area contributed by atoms with Crippen molar-refractivity contribution in [1.82, 2.24) is 9.78 Å². The number of rotatable bonds is 4. The van der Waals surface area contributed by atoms with Crippen LogP contribution in [0.5, 0.6) is 0 Å². The zero-order valence-corrected chi connectivity index (χ0v) is 14.2. The highest BCUT2D eigenvalue weighted by Gasteiger charge is 2.49. The maximum Gasteiger partial charge on any atom is 0.347 e. The maximum atomic E-state index is 12.7. The third kappa shape index (κ3) is 2.00. The van der Waals surface area contributed by atoms with Gasteiger partial charge in [0.15, 0.2) is 12.0 Å². The summed E-state index contributed by atoms with van der Waals surface area (Å²) < 4.78 is 3.00. The van der Waals surface area contributed by atoms with Gasteiger partial charge in [0.05, 0.1) is 11.5 Å². The van der Waals surface area contributed by atoms with Crippen molar-refractivity contribution in [3.05, 3.63) is 39.1 Å². The van der Waals surface area contributed by atoms with Gasteiger partial charge in [0.2, 0.25) is 0 Å². The van der Waals surface area contributed by atoms with Crippen LogP contribution >= 0.6 is 0 Å². The molecule has 0 amide bonds. The molecule has 7 heteroatoms. The van der Waals surface area contributed by atoms with Crippen LogP contribution in [0.25, 0.3) is 5.57 Å². The number of aliphatic hydroxyl groups excluding tert-OH is 1. The van der Waals surface area contributed by atoms with E-state index in [9.17, 15) is 19.8 Å². The Bertz CT molecular complexity index is 882. The molecule has 2 heterocycles. The molecule has 0 saturated carbocycles. The molecule has 0 aromatic carbocycles. The summed E-state index contributed by atoms with van der Waals surface area (Å²) in [6, 6.07) is 0. The molecule has 128 valence electrons. The van der Waals surface area contributed by atoms with Crippen LogP contribution in [0.15, 0.2) is 22.3 Å². The summed E-state index contributed by atoms with van der Waals surface area (Å²) in [4.78, 5) is 25.0. The molecule has 1 aromatic rings. The standard InChI is InChI=1S/C17H21N3O4/c1-5-19-7-8(3)10(16(19)23)12-14(21)13(15(12)22)11-9(4)18-20(6-2)17(11)24/h7,10,12H,5-6H2,1-4H3,(H2,18,21,22,24). The number of allylic oxidation sites excluding steroid dienone is 2. The Morgan fingerprint density at radius 2 is 1.96 bits per heavy atom. The summed E-state index contributed by atoms with van der Waals surface area (Å²) in [7, 11) is 0. The topological polar surface area (TPSA) is 101 Å². The number of hydrogen-bond donors (Lipinski definition) is 2. The number of nitrogens with zero attached hydrogens (tertiary/aromatic N) is 2. The largest absolute Gasteiger partial charge is 0.874 e. The van der Waals surface area contributed by atoms with Crippen molar-refractivity contribution in [1.29, 1.82) is 0 Å². The molecule has 0 spiro atoms. The van der Waals surface area contributed by atoms with Gasteiger partial charge in [0.25, 0.3) is 5.56 Å². The zero-order valence-electron chi connectivity index (χ0n) is 14.2. The van der Waals surface area contributed by atoms with Crippen molar-refractivity contribution in [2.24, 2.45) is 11.8 Å². The average Bonchev–Trinajstić information content (AvgIpc) is 2.99. The highest BCUT2D eigenvalue weighted by atomic mass is 16.3. The van der Waals surface area contributed by atoms with E-state index in [0.29, 0.717) is 18.8 Å². The minimum atomic E-state index is -0.934. The number of H-pyrrole nitrogens is 1. The van der Waals surface area contributed by atoms with Crippen LogP contribution in [0, 0.1) is 18.8 Å². The van der Waals surface area contributed by atoms with Crippen molar-refractivity contribution in [3.8, 4) is 0 Å². The second kappa shape index (κ2) is 5.51. The van der Waals surface area contributed by atoms with Gasteiger partial charge >= 0.3 is 5.90 Å². The van der Waals surface area contributed by atoms with Gasteiger partial charge < -0.3 is 10.2 Å². The molecule has 24 heavy (non-hydrogen) atoms. The summed E-state index contributed by atoms with van der Waals surface area (Å²) in [5.41, 5.74) is 1.05. The number of hydrogen-bond acceptors (Lipinski definition) is 3. The first-order valence-corrected chi connectivity index (χ1v) is 8.09. The molecule has 0 bridgehead atoms. The Balaban J connectivity index is 2.05. The lowest BCUT2D eigenvalue weighted by Gasteiger charge is -2.38. The minimum Gasteiger partial charge on any atom is -0.874 e. The molecule has 0 saturated heterocycles. The SMILES string of the molecule is CCn1[nH]c(C)c(C2=C([O-])C(C3C(C)=C[N+](CC)=C3O)C2=O)c1=O. The van der Waals surface area contributed by atoms with E-state index in [2.05, 4.69) is 5.10 Å². The molecule has 1 aliphatic heterocycles. The number of nitrogens with one attached hydrogen (secondary N) is 1. The van der Waals surface area contributed by atoms with Crippen LogP contribution in [0.4, 0.5) is 0 Å². The number of ketones is 1. The van der Waals surface area contributed by atoms with Crippen molar-refractivity contribution in [2.75, 3.05) is 6.54 Å². The van der Waals surface area contributed by atoms with Gasteiger partial charge in [-0.05, 0) is 27.7 Å². The molecule has 1 aromatic heterocycles. The summed E-state index contributed by atoms with van der Waals surface area (Å²) >= 11 is 0. The Kier molecular flexibility index (Phi) is 3.74. The molecular weight excluding hydrogens is 310 g/mol. The maximum absolute atomic E-state index is 12.7. The van der Waals surface area contributed by atoms with E-state index < -0.39 is 11.8 Å². The normalized spacial score (nSPS) is 23.8. The monoisotopic (exact) mass is 331 g/mol. The smallest absolute Gasteiger partial charge is 0.347 e. The van der Waals surface area contributed by atoms with E-state index in [1.54, 1.807) is 31.5 Å². The molecular formula is C17H21N3O4. The number of Topliss-reactive ketones (excluding diaryl/α,β-unsaturated/α-hetero) is 1. The van der Waals surface area contributed by atoms with E-state index in [1.807, 2.05) is 6.92 Å². The minimum absolute atomic E-state index is 0.0255. The predicted molar refractivity (Wildman–Crippen MR) is 86.6 cm³/mol. The van der Waals surface area contributed by atoms with Crippen LogP contribution in [-0.4, -0.2) is 37.7 Å². The quantitative estimate of drug-likeness (QED) is 0.775. The lowest BCUT2D eigenvalue weighted by atomic mass is 9.70. The molecule has 2 atom stereocenters. The molecule has 7 nitrogen and oxygen atoms in total. The fourth-order valence-corrected chi connectivity index (χ4v) is 3.58. The van der Waals surface area contributed by atoms with Gasteiger partial charge in [-0.25, -0.2) is 0 Å². The van der Waals surface area contributed by atoms with Gasteiger partial charge in [0.1, 0.15) is 12.5 Å². The van der Waals surface area contributed by atoms with E-state index in [0.717, 1.165) is 5.57 Å². The van der Waals surface area contributed by atoms with Gasteiger partial charge in [0, 0.05) is 23.4 Å². The fraction of sp³-hybridized carbons (Fsp3) is 0.471. The van der Waals surface area contributed by atoms with E-state index in [-0.39, 0.29) is 34.1 Å².